The number of nitro groups is 1. The summed E-state index contributed by atoms with van der Waals surface area (Å²) >= 11 is 1.49. The average Bonchev–Trinajstić information content (AvgIpc) is 3.72. The summed E-state index contributed by atoms with van der Waals surface area (Å²) in [5, 5.41) is 30.9. The number of rotatable bonds is 13. The minimum Gasteiger partial charge on any atom is -0.456 e. The molecule has 1 N–H and O–H groups in total. The molecule has 2 aliphatic rings. The van der Waals surface area contributed by atoms with Crippen LogP contribution in [0.15, 0.2) is 132 Å². The number of aromatic nitrogens is 3. The van der Waals surface area contributed by atoms with Gasteiger partial charge in [0.2, 0.25) is 5.91 Å². The Morgan fingerprint density at radius 1 is 0.925 bits per heavy atom. The van der Waals surface area contributed by atoms with Crippen LogP contribution in [-0.4, -0.2) is 59.2 Å². The van der Waals surface area contributed by atoms with E-state index in [0.717, 1.165) is 22.4 Å². The number of hydrogen-bond donors (Lipinski definition) is 1. The molecule has 1 fully saturated rings. The molecule has 2 aliphatic heterocycles. The SMILES string of the molecule is CC(Cc1cn(C(c2ccccc2)(c2ccccc2)c2ccccc2)nn1)SC1=C(C(=O)OCc2ccc([N+](=O)[O-])cc2)N2C(=O)[C@H]([C@@H](C)O)[C@H]2[C@H]1C. The first kappa shape index (κ1) is 35.8. The Labute approximate surface area is 311 Å². The Morgan fingerprint density at radius 3 is 1.98 bits per heavy atom. The average molecular weight is 730 g/mol. The molecule has 0 saturated carbocycles. The maximum atomic E-state index is 13.7. The third kappa shape index (κ3) is 6.53. The van der Waals surface area contributed by atoms with Gasteiger partial charge >= 0.3 is 5.97 Å². The fourth-order valence-corrected chi connectivity index (χ4v) is 8.98. The van der Waals surface area contributed by atoms with Crippen molar-refractivity contribution in [2.45, 2.75) is 56.7 Å². The molecule has 5 aromatic rings. The van der Waals surface area contributed by atoms with Crippen LogP contribution in [0.25, 0.3) is 0 Å². The Kier molecular flexibility index (Phi) is 10.00. The van der Waals surface area contributed by atoms with Crippen molar-refractivity contribution in [3.63, 3.8) is 0 Å². The number of amides is 1. The van der Waals surface area contributed by atoms with Gasteiger partial charge in [0.25, 0.3) is 5.69 Å². The molecule has 11 nitrogen and oxygen atoms in total. The topological polar surface area (TPSA) is 141 Å². The van der Waals surface area contributed by atoms with Gasteiger partial charge in [-0.25, -0.2) is 9.48 Å². The summed E-state index contributed by atoms with van der Waals surface area (Å²) in [6.45, 7) is 5.49. The first-order valence-electron chi connectivity index (χ1n) is 17.5. The van der Waals surface area contributed by atoms with Crippen LogP contribution in [0.4, 0.5) is 5.69 Å². The highest BCUT2D eigenvalue weighted by Crippen LogP contribution is 2.52. The lowest BCUT2D eigenvalue weighted by Crippen LogP contribution is -2.63. The van der Waals surface area contributed by atoms with Crippen LogP contribution in [0.5, 0.6) is 0 Å². The van der Waals surface area contributed by atoms with E-state index in [4.69, 9.17) is 9.95 Å². The van der Waals surface area contributed by atoms with Crippen LogP contribution >= 0.6 is 11.8 Å². The first-order valence-corrected chi connectivity index (χ1v) is 18.4. The molecule has 1 saturated heterocycles. The van der Waals surface area contributed by atoms with Gasteiger partial charge < -0.3 is 14.7 Å². The lowest BCUT2D eigenvalue weighted by molar-refractivity contribution is -0.384. The number of hydrogen-bond acceptors (Lipinski definition) is 9. The quantitative estimate of drug-likeness (QED) is 0.0473. The molecule has 1 unspecified atom stereocenters. The predicted octanol–water partition coefficient (Wildman–Crippen LogP) is 6.50. The molecule has 7 rings (SSSR count). The minimum atomic E-state index is -0.875. The van der Waals surface area contributed by atoms with E-state index in [9.17, 15) is 24.8 Å². The van der Waals surface area contributed by atoms with E-state index in [1.54, 1.807) is 6.92 Å². The zero-order valence-corrected chi connectivity index (χ0v) is 30.3. The van der Waals surface area contributed by atoms with E-state index in [0.29, 0.717) is 16.9 Å². The molecule has 53 heavy (non-hydrogen) atoms. The normalized spacial score (nSPS) is 19.4. The number of non-ortho nitro benzene ring substituents is 1. The molecule has 0 aliphatic carbocycles. The molecular formula is C41H39N5O6S. The Morgan fingerprint density at radius 2 is 1.47 bits per heavy atom. The number of nitrogens with zero attached hydrogens (tertiary/aromatic N) is 5. The number of aliphatic hydroxyl groups excluding tert-OH is 1. The number of benzene rings is 4. The second kappa shape index (κ2) is 14.8. The summed E-state index contributed by atoms with van der Waals surface area (Å²) in [5.74, 6) is -1.82. The second-order valence-electron chi connectivity index (χ2n) is 13.6. The fourth-order valence-electron chi connectivity index (χ4n) is 7.64. The Balaban J connectivity index is 1.18. The van der Waals surface area contributed by atoms with Crippen LogP contribution in [0.3, 0.4) is 0 Å². The molecule has 12 heteroatoms. The molecule has 1 aromatic heterocycles. The highest BCUT2D eigenvalue weighted by Gasteiger charge is 2.60. The summed E-state index contributed by atoms with van der Waals surface area (Å²) in [6.07, 6.45) is 1.62. The minimum absolute atomic E-state index is 0.0656. The molecule has 0 radical (unpaired) electrons. The van der Waals surface area contributed by atoms with Crippen molar-refractivity contribution in [1.82, 2.24) is 19.9 Å². The van der Waals surface area contributed by atoms with Crippen LogP contribution in [-0.2, 0) is 32.9 Å². The predicted molar refractivity (Wildman–Crippen MR) is 200 cm³/mol. The van der Waals surface area contributed by atoms with E-state index in [1.165, 1.54) is 40.9 Å². The van der Waals surface area contributed by atoms with E-state index in [-0.39, 0.29) is 41.1 Å². The molecule has 0 bridgehead atoms. The van der Waals surface area contributed by atoms with E-state index >= 15 is 0 Å². The van der Waals surface area contributed by atoms with Gasteiger partial charge in [0.1, 0.15) is 17.8 Å². The number of nitro benzene ring substituents is 1. The van der Waals surface area contributed by atoms with Gasteiger partial charge in [-0.05, 0) is 41.3 Å². The van der Waals surface area contributed by atoms with Gasteiger partial charge in [-0.1, -0.05) is 110 Å². The van der Waals surface area contributed by atoms with E-state index in [2.05, 4.69) is 41.5 Å². The van der Waals surface area contributed by atoms with Crippen LogP contribution in [0.2, 0.25) is 0 Å². The molecule has 4 aromatic carbocycles. The second-order valence-corrected chi connectivity index (χ2v) is 15.0. The third-order valence-corrected chi connectivity index (χ3v) is 11.5. The lowest BCUT2D eigenvalue weighted by atomic mass is 9.77. The van der Waals surface area contributed by atoms with Gasteiger partial charge in [-0.2, -0.15) is 0 Å². The lowest BCUT2D eigenvalue weighted by Gasteiger charge is -2.46. The zero-order chi connectivity index (χ0) is 37.3. The van der Waals surface area contributed by atoms with Crippen LogP contribution in [0, 0.1) is 22.0 Å². The molecule has 1 amide bonds. The molecule has 5 atom stereocenters. The largest absolute Gasteiger partial charge is 0.456 e. The molecule has 270 valence electrons. The third-order valence-electron chi connectivity index (χ3n) is 10.1. The Hall–Kier alpha value is -5.59. The van der Waals surface area contributed by atoms with Crippen molar-refractivity contribution >= 4 is 29.3 Å². The van der Waals surface area contributed by atoms with Crippen molar-refractivity contribution in [3.8, 4) is 0 Å². The highest BCUT2D eigenvalue weighted by molar-refractivity contribution is 8.03. The smallest absolute Gasteiger partial charge is 0.356 e. The van der Waals surface area contributed by atoms with E-state index in [1.807, 2.05) is 79.3 Å². The van der Waals surface area contributed by atoms with E-state index < -0.39 is 28.5 Å². The Bertz CT molecular complexity index is 2040. The van der Waals surface area contributed by atoms with Crippen LogP contribution < -0.4 is 0 Å². The highest BCUT2D eigenvalue weighted by atomic mass is 32.2. The summed E-state index contributed by atoms with van der Waals surface area (Å²) < 4.78 is 7.62. The zero-order valence-electron chi connectivity index (χ0n) is 29.5. The first-order chi connectivity index (χ1) is 25.6. The van der Waals surface area contributed by atoms with Gasteiger partial charge in [-0.3, -0.25) is 14.9 Å². The molecule has 3 heterocycles. The van der Waals surface area contributed by atoms with Gasteiger partial charge in [0.05, 0.1) is 34.9 Å². The fraction of sp³-hybridized carbons (Fsp3) is 0.268. The number of carbonyl (C=O) groups excluding carboxylic acids is 2. The van der Waals surface area contributed by atoms with Crippen LogP contribution in [0.1, 0.15) is 48.7 Å². The van der Waals surface area contributed by atoms with Crippen molar-refractivity contribution in [3.05, 3.63) is 170 Å². The number of ether oxygens (including phenoxy) is 1. The maximum Gasteiger partial charge on any atom is 0.356 e. The monoisotopic (exact) mass is 729 g/mol. The van der Waals surface area contributed by atoms with Gasteiger partial charge in [-0.15, -0.1) is 16.9 Å². The number of carbonyl (C=O) groups is 2. The van der Waals surface area contributed by atoms with Gasteiger partial charge in [0, 0.05) is 34.6 Å². The number of β-lactam (4-membered cyclic amide) rings is 1. The standard InChI is InChI=1S/C41H39N5O6S/c1-26(23-33-24-44(43-42-33)41(30-13-7-4-8-14-30,31-15-9-5-10-16-31)32-17-11-6-12-18-32)53-38-27(2)36-35(28(3)47)39(48)45(36)37(38)40(49)52-25-29-19-21-34(22-20-29)46(50)51/h4-22,24,26-28,35-36,47H,23,25H2,1-3H3/t26?,27-,28-,35-,36-/m1/s1. The number of fused-ring (bicyclic) bond motifs is 1. The number of esters is 1. The van der Waals surface area contributed by atoms with Crippen molar-refractivity contribution in [2.24, 2.45) is 11.8 Å². The number of thioether (sulfide) groups is 1. The number of aliphatic hydroxyl groups is 1. The summed E-state index contributed by atoms with van der Waals surface area (Å²) in [6, 6.07) is 36.1. The molecular weight excluding hydrogens is 691 g/mol. The molecule has 0 spiro atoms. The van der Waals surface area contributed by atoms with Crippen molar-refractivity contribution < 1.29 is 24.4 Å². The van der Waals surface area contributed by atoms with Crippen molar-refractivity contribution in [2.75, 3.05) is 0 Å². The van der Waals surface area contributed by atoms with Gasteiger partial charge in [0.15, 0.2) is 0 Å². The summed E-state index contributed by atoms with van der Waals surface area (Å²) in [4.78, 5) is 39.8. The summed E-state index contributed by atoms with van der Waals surface area (Å²) in [5.41, 5.74) is 3.73. The van der Waals surface area contributed by atoms with Crippen molar-refractivity contribution in [1.29, 1.82) is 0 Å². The maximum absolute atomic E-state index is 13.7. The summed E-state index contributed by atoms with van der Waals surface area (Å²) in [7, 11) is 0.